The average molecular weight is 209 g/mol. The highest BCUT2D eigenvalue weighted by Gasteiger charge is 2.47. The SMILES string of the molecule is O=CC1(C/C=C/Cl)CS(=O)(=O)C1. The lowest BCUT2D eigenvalue weighted by Gasteiger charge is -2.34. The van der Waals surface area contributed by atoms with Crippen molar-refractivity contribution < 1.29 is 13.2 Å². The van der Waals surface area contributed by atoms with Gasteiger partial charge >= 0.3 is 0 Å². The molecule has 1 aliphatic heterocycles. The number of rotatable bonds is 3. The fourth-order valence-corrected chi connectivity index (χ4v) is 3.48. The minimum atomic E-state index is -2.94. The lowest BCUT2D eigenvalue weighted by Crippen LogP contribution is -2.49. The standard InChI is InChI=1S/C7H9ClO3S/c8-3-1-2-7(4-9)5-12(10,11)6-7/h1,3-4H,2,5-6H2/b3-1+. The molecule has 0 aliphatic carbocycles. The molecule has 0 unspecified atom stereocenters. The van der Waals surface area contributed by atoms with Crippen LogP contribution in [-0.4, -0.2) is 26.2 Å². The van der Waals surface area contributed by atoms with E-state index in [0.717, 1.165) is 0 Å². The van der Waals surface area contributed by atoms with Crippen molar-refractivity contribution >= 4 is 27.7 Å². The molecule has 0 spiro atoms. The van der Waals surface area contributed by atoms with Gasteiger partial charge in [0.1, 0.15) is 6.29 Å². The summed E-state index contributed by atoms with van der Waals surface area (Å²) < 4.78 is 21.6. The van der Waals surface area contributed by atoms with Crippen LogP contribution in [0, 0.1) is 5.41 Å². The molecule has 3 nitrogen and oxygen atoms in total. The molecule has 12 heavy (non-hydrogen) atoms. The largest absolute Gasteiger partial charge is 0.303 e. The van der Waals surface area contributed by atoms with Crippen LogP contribution in [0.25, 0.3) is 0 Å². The van der Waals surface area contributed by atoms with Gasteiger partial charge in [-0.3, -0.25) is 0 Å². The van der Waals surface area contributed by atoms with E-state index in [1.54, 1.807) is 6.08 Å². The average Bonchev–Trinajstić information content (AvgIpc) is 1.96. The summed E-state index contributed by atoms with van der Waals surface area (Å²) in [7, 11) is -2.94. The molecule has 0 atom stereocenters. The number of aldehydes is 1. The summed E-state index contributed by atoms with van der Waals surface area (Å²) in [5, 5.41) is 0. The van der Waals surface area contributed by atoms with E-state index >= 15 is 0 Å². The number of hydrogen-bond acceptors (Lipinski definition) is 3. The van der Waals surface area contributed by atoms with Gasteiger partial charge in [-0.15, -0.1) is 0 Å². The fourth-order valence-electron chi connectivity index (χ4n) is 1.35. The summed E-state index contributed by atoms with van der Waals surface area (Å²) >= 11 is 5.27. The van der Waals surface area contributed by atoms with E-state index in [9.17, 15) is 13.2 Å². The lowest BCUT2D eigenvalue weighted by atomic mass is 9.90. The topological polar surface area (TPSA) is 51.2 Å². The fraction of sp³-hybridized carbons (Fsp3) is 0.571. The molecule has 0 amide bonds. The first-order valence-electron chi connectivity index (χ1n) is 3.46. The number of carbonyl (C=O) groups excluding carboxylic acids is 1. The van der Waals surface area contributed by atoms with E-state index in [1.807, 2.05) is 0 Å². The molecule has 0 aromatic heterocycles. The lowest BCUT2D eigenvalue weighted by molar-refractivity contribution is -0.114. The molecule has 68 valence electrons. The zero-order chi connectivity index (χ0) is 9.24. The zero-order valence-electron chi connectivity index (χ0n) is 6.36. The van der Waals surface area contributed by atoms with Gasteiger partial charge in [0.15, 0.2) is 9.84 Å². The van der Waals surface area contributed by atoms with Crippen LogP contribution in [0.3, 0.4) is 0 Å². The summed E-state index contributed by atoms with van der Waals surface area (Å²) in [6, 6.07) is 0. The Morgan fingerprint density at radius 3 is 2.33 bits per heavy atom. The summed E-state index contributed by atoms with van der Waals surface area (Å²) in [6.07, 6.45) is 2.73. The maximum absolute atomic E-state index is 10.8. The second kappa shape index (κ2) is 3.18. The molecule has 0 saturated carbocycles. The quantitative estimate of drug-likeness (QED) is 0.643. The van der Waals surface area contributed by atoms with Crippen molar-refractivity contribution in [1.82, 2.24) is 0 Å². The predicted octanol–water partition coefficient (Wildman–Crippen LogP) is 0.743. The summed E-state index contributed by atoms with van der Waals surface area (Å²) in [5.74, 6) is -0.0740. The van der Waals surface area contributed by atoms with Crippen molar-refractivity contribution in [2.24, 2.45) is 5.41 Å². The van der Waals surface area contributed by atoms with Crippen LogP contribution >= 0.6 is 11.6 Å². The van der Waals surface area contributed by atoms with Gasteiger partial charge in [0.2, 0.25) is 0 Å². The van der Waals surface area contributed by atoms with Crippen LogP contribution < -0.4 is 0 Å². The highest BCUT2D eigenvalue weighted by Crippen LogP contribution is 2.34. The van der Waals surface area contributed by atoms with Crippen LogP contribution in [0.1, 0.15) is 6.42 Å². The van der Waals surface area contributed by atoms with Crippen molar-refractivity contribution in [1.29, 1.82) is 0 Å². The number of carbonyl (C=O) groups is 1. The van der Waals surface area contributed by atoms with Crippen molar-refractivity contribution in [3.63, 3.8) is 0 Å². The Balaban J connectivity index is 2.65. The van der Waals surface area contributed by atoms with E-state index in [-0.39, 0.29) is 11.5 Å². The molecule has 1 saturated heterocycles. The minimum absolute atomic E-state index is 0.0370. The first-order chi connectivity index (χ1) is 5.54. The Kier molecular flexibility index (Phi) is 2.58. The summed E-state index contributed by atoms with van der Waals surface area (Å²) in [5.41, 5.74) is 0.612. The third kappa shape index (κ3) is 1.87. The van der Waals surface area contributed by atoms with Gasteiger partial charge < -0.3 is 4.79 Å². The van der Waals surface area contributed by atoms with Crippen LogP contribution in [0.2, 0.25) is 0 Å². The normalized spacial score (nSPS) is 25.1. The smallest absolute Gasteiger partial charge is 0.152 e. The molecule has 0 aromatic rings. The highest BCUT2D eigenvalue weighted by molar-refractivity contribution is 7.93. The van der Waals surface area contributed by atoms with Crippen LogP contribution in [0.5, 0.6) is 0 Å². The molecule has 1 aliphatic rings. The molecular formula is C7H9ClO3S. The van der Waals surface area contributed by atoms with Crippen molar-refractivity contribution in [2.45, 2.75) is 6.42 Å². The molecule has 0 radical (unpaired) electrons. The third-order valence-electron chi connectivity index (χ3n) is 1.88. The Morgan fingerprint density at radius 1 is 1.42 bits per heavy atom. The first kappa shape index (κ1) is 9.74. The zero-order valence-corrected chi connectivity index (χ0v) is 7.94. The maximum atomic E-state index is 10.8. The van der Waals surface area contributed by atoms with Gasteiger partial charge in [-0.05, 0) is 6.42 Å². The number of halogens is 1. The number of sulfone groups is 1. The molecule has 1 heterocycles. The van der Waals surface area contributed by atoms with E-state index in [1.165, 1.54) is 5.54 Å². The Hall–Kier alpha value is -0.350. The first-order valence-corrected chi connectivity index (χ1v) is 5.71. The summed E-state index contributed by atoms with van der Waals surface area (Å²) in [6.45, 7) is 0. The molecule has 1 rings (SSSR count). The van der Waals surface area contributed by atoms with Crippen molar-refractivity contribution in [3.8, 4) is 0 Å². The molecular weight excluding hydrogens is 200 g/mol. The molecule has 5 heteroatoms. The van der Waals surface area contributed by atoms with Gasteiger partial charge in [-0.25, -0.2) is 8.42 Å². The van der Waals surface area contributed by atoms with Gasteiger partial charge in [0.05, 0.1) is 16.9 Å². The van der Waals surface area contributed by atoms with E-state index < -0.39 is 15.3 Å². The van der Waals surface area contributed by atoms with Gasteiger partial charge in [-0.1, -0.05) is 17.7 Å². The summed E-state index contributed by atoms with van der Waals surface area (Å²) in [4.78, 5) is 10.6. The predicted molar refractivity (Wildman–Crippen MR) is 46.8 cm³/mol. The monoisotopic (exact) mass is 208 g/mol. The van der Waals surface area contributed by atoms with Crippen molar-refractivity contribution in [3.05, 3.63) is 11.6 Å². The van der Waals surface area contributed by atoms with E-state index in [0.29, 0.717) is 12.7 Å². The van der Waals surface area contributed by atoms with Gasteiger partial charge in [0, 0.05) is 5.54 Å². The number of hydrogen-bond donors (Lipinski definition) is 0. The third-order valence-corrected chi connectivity index (χ3v) is 4.09. The van der Waals surface area contributed by atoms with Crippen molar-refractivity contribution in [2.75, 3.05) is 11.5 Å². The van der Waals surface area contributed by atoms with Gasteiger partial charge in [0.25, 0.3) is 0 Å². The second-order valence-electron chi connectivity index (χ2n) is 3.08. The van der Waals surface area contributed by atoms with E-state index in [2.05, 4.69) is 0 Å². The Morgan fingerprint density at radius 2 is 2.00 bits per heavy atom. The Labute approximate surface area is 76.3 Å². The molecule has 0 bridgehead atoms. The highest BCUT2D eigenvalue weighted by atomic mass is 35.5. The number of allylic oxidation sites excluding steroid dienone is 1. The molecule has 0 aromatic carbocycles. The maximum Gasteiger partial charge on any atom is 0.152 e. The van der Waals surface area contributed by atoms with Crippen LogP contribution in [-0.2, 0) is 14.6 Å². The molecule has 1 fully saturated rings. The molecule has 0 N–H and O–H groups in total. The van der Waals surface area contributed by atoms with Crippen LogP contribution in [0.15, 0.2) is 11.6 Å². The second-order valence-corrected chi connectivity index (χ2v) is 5.39. The van der Waals surface area contributed by atoms with E-state index in [4.69, 9.17) is 11.6 Å². The van der Waals surface area contributed by atoms with Gasteiger partial charge in [-0.2, -0.15) is 0 Å². The van der Waals surface area contributed by atoms with Crippen LogP contribution in [0.4, 0.5) is 0 Å². The minimum Gasteiger partial charge on any atom is -0.303 e. The Bertz CT molecular complexity index is 293.